The van der Waals surface area contributed by atoms with Crippen LogP contribution in [0, 0.1) is 0 Å². The van der Waals surface area contributed by atoms with Crippen molar-refractivity contribution in [3.05, 3.63) is 48.6 Å². The summed E-state index contributed by atoms with van der Waals surface area (Å²) in [7, 11) is 1.69. The maximum Gasteiger partial charge on any atom is 0.157 e. The topological polar surface area (TPSA) is 27.7 Å². The van der Waals surface area contributed by atoms with E-state index in [4.69, 9.17) is 14.2 Å². The van der Waals surface area contributed by atoms with E-state index in [9.17, 15) is 0 Å². The normalized spacial score (nSPS) is 26.4. The summed E-state index contributed by atoms with van der Waals surface area (Å²) in [5.41, 5.74) is 1.20. The number of rotatable bonds is 7. The molecule has 1 aromatic carbocycles. The van der Waals surface area contributed by atoms with E-state index in [0.717, 1.165) is 25.7 Å². The number of hydrogen-bond acceptors (Lipinski definition) is 3. The van der Waals surface area contributed by atoms with E-state index in [1.807, 2.05) is 24.3 Å². The number of allylic oxidation sites excluding steroid dienone is 1. The van der Waals surface area contributed by atoms with Crippen molar-refractivity contribution in [1.29, 1.82) is 0 Å². The van der Waals surface area contributed by atoms with E-state index in [1.54, 1.807) is 7.11 Å². The molecule has 0 aromatic heterocycles. The maximum atomic E-state index is 6.06. The molecule has 3 nitrogen and oxygen atoms in total. The zero-order chi connectivity index (χ0) is 14.2. The molecule has 0 radical (unpaired) electrons. The van der Waals surface area contributed by atoms with Gasteiger partial charge in [0.25, 0.3) is 0 Å². The molecule has 0 spiro atoms. The molecule has 20 heavy (non-hydrogen) atoms. The van der Waals surface area contributed by atoms with E-state index in [2.05, 4.69) is 18.7 Å². The molecule has 1 saturated heterocycles. The van der Waals surface area contributed by atoms with Gasteiger partial charge in [-0.05, 0) is 24.8 Å². The van der Waals surface area contributed by atoms with Gasteiger partial charge < -0.3 is 14.2 Å². The second-order valence-electron chi connectivity index (χ2n) is 5.12. The monoisotopic (exact) mass is 276 g/mol. The summed E-state index contributed by atoms with van der Waals surface area (Å²) >= 11 is 0. The Kier molecular flexibility index (Phi) is 6.25. The minimum atomic E-state index is -0.0959. The van der Waals surface area contributed by atoms with E-state index < -0.39 is 0 Å². The lowest BCUT2D eigenvalue weighted by Gasteiger charge is -2.35. The SMILES string of the molecule is C=CCC[C@H]1O[C@H](OC)CC[C@@H]1OCc1ccccc1. The Morgan fingerprint density at radius 3 is 2.80 bits per heavy atom. The van der Waals surface area contributed by atoms with Gasteiger partial charge in [0, 0.05) is 13.5 Å². The number of hydrogen-bond donors (Lipinski definition) is 0. The highest BCUT2D eigenvalue weighted by molar-refractivity contribution is 5.13. The highest BCUT2D eigenvalue weighted by atomic mass is 16.7. The number of benzene rings is 1. The van der Waals surface area contributed by atoms with Crippen LogP contribution in [0.15, 0.2) is 43.0 Å². The van der Waals surface area contributed by atoms with Crippen molar-refractivity contribution in [2.45, 2.75) is 50.8 Å². The zero-order valence-electron chi connectivity index (χ0n) is 12.2. The van der Waals surface area contributed by atoms with Crippen molar-refractivity contribution in [1.82, 2.24) is 0 Å². The van der Waals surface area contributed by atoms with Crippen molar-refractivity contribution < 1.29 is 14.2 Å². The van der Waals surface area contributed by atoms with Gasteiger partial charge in [-0.25, -0.2) is 0 Å². The van der Waals surface area contributed by atoms with Crippen LogP contribution in [-0.2, 0) is 20.8 Å². The smallest absolute Gasteiger partial charge is 0.157 e. The van der Waals surface area contributed by atoms with Gasteiger partial charge in [0.15, 0.2) is 6.29 Å². The van der Waals surface area contributed by atoms with Crippen LogP contribution in [0.5, 0.6) is 0 Å². The van der Waals surface area contributed by atoms with Gasteiger partial charge in [-0.3, -0.25) is 0 Å². The Hall–Kier alpha value is -1.16. The predicted molar refractivity (Wildman–Crippen MR) is 79.4 cm³/mol. The van der Waals surface area contributed by atoms with Gasteiger partial charge in [-0.2, -0.15) is 0 Å². The second kappa shape index (κ2) is 8.20. The van der Waals surface area contributed by atoms with Crippen molar-refractivity contribution in [3.8, 4) is 0 Å². The molecule has 0 saturated carbocycles. The average Bonchev–Trinajstić information content (AvgIpc) is 2.52. The molecule has 0 bridgehead atoms. The van der Waals surface area contributed by atoms with Crippen LogP contribution in [-0.4, -0.2) is 25.6 Å². The molecular weight excluding hydrogens is 252 g/mol. The van der Waals surface area contributed by atoms with Crippen LogP contribution in [0.2, 0.25) is 0 Å². The number of methoxy groups -OCH3 is 1. The molecule has 1 aromatic rings. The lowest BCUT2D eigenvalue weighted by molar-refractivity contribution is -0.223. The van der Waals surface area contributed by atoms with Gasteiger partial charge >= 0.3 is 0 Å². The Balaban J connectivity index is 1.88. The molecule has 1 aliphatic rings. The quantitative estimate of drug-likeness (QED) is 0.711. The maximum absolute atomic E-state index is 6.06. The first-order valence-electron chi connectivity index (χ1n) is 7.28. The Bertz CT molecular complexity index is 390. The molecule has 3 atom stereocenters. The fraction of sp³-hybridized carbons (Fsp3) is 0.529. The fourth-order valence-corrected chi connectivity index (χ4v) is 2.51. The Labute approximate surface area is 121 Å². The molecule has 1 fully saturated rings. The molecular formula is C17H24O3. The van der Waals surface area contributed by atoms with Crippen LogP contribution in [0.25, 0.3) is 0 Å². The van der Waals surface area contributed by atoms with Gasteiger partial charge in [0.05, 0.1) is 18.8 Å². The third-order valence-corrected chi connectivity index (χ3v) is 3.65. The van der Waals surface area contributed by atoms with Gasteiger partial charge in [-0.15, -0.1) is 6.58 Å². The minimum absolute atomic E-state index is 0.0930. The first kappa shape index (κ1) is 15.2. The summed E-state index contributed by atoms with van der Waals surface area (Å²) in [6.07, 6.45) is 5.80. The molecule has 2 rings (SSSR count). The second-order valence-corrected chi connectivity index (χ2v) is 5.12. The summed E-state index contributed by atoms with van der Waals surface area (Å²) in [6.45, 7) is 4.41. The Morgan fingerprint density at radius 1 is 1.30 bits per heavy atom. The van der Waals surface area contributed by atoms with Crippen molar-refractivity contribution in [2.75, 3.05) is 7.11 Å². The molecule has 3 heteroatoms. The predicted octanol–water partition coefficient (Wildman–Crippen LogP) is 3.69. The van der Waals surface area contributed by atoms with Crippen LogP contribution >= 0.6 is 0 Å². The largest absolute Gasteiger partial charge is 0.371 e. The lowest BCUT2D eigenvalue weighted by Crippen LogP contribution is -2.41. The van der Waals surface area contributed by atoms with E-state index >= 15 is 0 Å². The molecule has 0 N–H and O–H groups in total. The molecule has 1 heterocycles. The minimum Gasteiger partial charge on any atom is -0.371 e. The van der Waals surface area contributed by atoms with E-state index in [-0.39, 0.29) is 18.5 Å². The summed E-state index contributed by atoms with van der Waals surface area (Å²) in [5, 5.41) is 0. The summed E-state index contributed by atoms with van der Waals surface area (Å²) in [5.74, 6) is 0. The zero-order valence-corrected chi connectivity index (χ0v) is 12.2. The van der Waals surface area contributed by atoms with Crippen molar-refractivity contribution in [2.24, 2.45) is 0 Å². The molecule has 0 unspecified atom stereocenters. The third kappa shape index (κ3) is 4.44. The Morgan fingerprint density at radius 2 is 2.10 bits per heavy atom. The van der Waals surface area contributed by atoms with Gasteiger partial charge in [0.1, 0.15) is 0 Å². The number of ether oxygens (including phenoxy) is 3. The lowest BCUT2D eigenvalue weighted by atomic mass is 10.0. The van der Waals surface area contributed by atoms with Crippen LogP contribution in [0.3, 0.4) is 0 Å². The van der Waals surface area contributed by atoms with Crippen LogP contribution in [0.4, 0.5) is 0 Å². The standard InChI is InChI=1S/C17H24O3/c1-3-4-10-16-15(11-12-17(18-2)20-16)19-13-14-8-6-5-7-9-14/h3,5-9,15-17H,1,4,10-13H2,2H3/t15-,16+,17-/m0/s1. The summed E-state index contributed by atoms with van der Waals surface area (Å²) < 4.78 is 17.3. The molecule has 0 amide bonds. The first-order valence-corrected chi connectivity index (χ1v) is 7.28. The van der Waals surface area contributed by atoms with Crippen molar-refractivity contribution >= 4 is 0 Å². The average molecular weight is 276 g/mol. The first-order chi connectivity index (χ1) is 9.83. The molecule has 0 aliphatic carbocycles. The third-order valence-electron chi connectivity index (χ3n) is 3.65. The molecule has 110 valence electrons. The fourth-order valence-electron chi connectivity index (χ4n) is 2.51. The highest BCUT2D eigenvalue weighted by Gasteiger charge is 2.31. The van der Waals surface area contributed by atoms with Gasteiger partial charge in [0.2, 0.25) is 0 Å². The van der Waals surface area contributed by atoms with Gasteiger partial charge in [-0.1, -0.05) is 36.4 Å². The van der Waals surface area contributed by atoms with E-state index in [1.165, 1.54) is 5.56 Å². The van der Waals surface area contributed by atoms with Crippen molar-refractivity contribution in [3.63, 3.8) is 0 Å². The molecule has 1 aliphatic heterocycles. The van der Waals surface area contributed by atoms with Crippen LogP contribution in [0.1, 0.15) is 31.2 Å². The highest BCUT2D eigenvalue weighted by Crippen LogP contribution is 2.26. The van der Waals surface area contributed by atoms with Crippen LogP contribution < -0.4 is 0 Å². The summed E-state index contributed by atoms with van der Waals surface area (Å²) in [4.78, 5) is 0. The van der Waals surface area contributed by atoms with E-state index in [0.29, 0.717) is 6.61 Å². The summed E-state index contributed by atoms with van der Waals surface area (Å²) in [6, 6.07) is 10.3.